The first-order valence-electron chi connectivity index (χ1n) is 4.92. The number of nitrogens with two attached hydrogens (primary N) is 1. The van der Waals surface area contributed by atoms with Gasteiger partial charge < -0.3 is 5.73 Å². The lowest BCUT2D eigenvalue weighted by atomic mass is 10.2. The monoisotopic (exact) mass is 205 g/mol. The van der Waals surface area contributed by atoms with E-state index in [0.717, 1.165) is 12.8 Å². The number of rotatable bonds is 1. The van der Waals surface area contributed by atoms with Crippen molar-refractivity contribution in [2.24, 2.45) is 0 Å². The summed E-state index contributed by atoms with van der Waals surface area (Å²) in [5, 5.41) is 4.14. The third-order valence-corrected chi connectivity index (χ3v) is 2.67. The number of hydrogen-bond donors (Lipinski definition) is 2. The van der Waals surface area contributed by atoms with Crippen LogP contribution in [0, 0.1) is 6.92 Å². The van der Waals surface area contributed by atoms with E-state index in [1.165, 1.54) is 4.52 Å². The molecule has 2 aromatic rings. The summed E-state index contributed by atoms with van der Waals surface area (Å²) in [6.07, 6.45) is 2.07. The standard InChI is InChI=1S/C9H11N5O/c1-4-11-9-12-8(15)6(5-2-3-5)7(10)14(9)13-4/h5H,2-3,10H2,1H3,(H,11,12,13,15). The minimum absolute atomic E-state index is 0.130. The van der Waals surface area contributed by atoms with Crippen LogP contribution in [-0.2, 0) is 0 Å². The van der Waals surface area contributed by atoms with Crippen LogP contribution in [0.3, 0.4) is 0 Å². The van der Waals surface area contributed by atoms with Crippen molar-refractivity contribution >= 4 is 11.6 Å². The van der Waals surface area contributed by atoms with Crippen LogP contribution in [0.4, 0.5) is 5.82 Å². The Hall–Kier alpha value is -1.85. The maximum Gasteiger partial charge on any atom is 0.257 e. The van der Waals surface area contributed by atoms with E-state index in [-0.39, 0.29) is 5.56 Å². The number of aryl methyl sites for hydroxylation is 1. The van der Waals surface area contributed by atoms with E-state index in [2.05, 4.69) is 15.1 Å². The molecule has 2 heterocycles. The molecule has 0 radical (unpaired) electrons. The molecule has 0 spiro atoms. The van der Waals surface area contributed by atoms with E-state index >= 15 is 0 Å². The largest absolute Gasteiger partial charge is 0.383 e. The van der Waals surface area contributed by atoms with Gasteiger partial charge in [0.1, 0.15) is 11.6 Å². The predicted molar refractivity (Wildman–Crippen MR) is 54.7 cm³/mol. The molecule has 0 unspecified atom stereocenters. The lowest BCUT2D eigenvalue weighted by molar-refractivity contribution is 0.893. The van der Waals surface area contributed by atoms with Gasteiger partial charge in [0.15, 0.2) is 0 Å². The zero-order chi connectivity index (χ0) is 10.6. The minimum Gasteiger partial charge on any atom is -0.383 e. The van der Waals surface area contributed by atoms with Gasteiger partial charge in [-0.15, -0.1) is 5.10 Å². The summed E-state index contributed by atoms with van der Waals surface area (Å²) >= 11 is 0. The first kappa shape index (κ1) is 8.46. The Balaban J connectivity index is 2.40. The Kier molecular flexibility index (Phi) is 1.46. The Bertz CT molecular complexity index is 592. The van der Waals surface area contributed by atoms with Crippen molar-refractivity contribution in [3.63, 3.8) is 0 Å². The van der Waals surface area contributed by atoms with E-state index in [9.17, 15) is 4.79 Å². The van der Waals surface area contributed by atoms with Crippen LogP contribution < -0.4 is 11.3 Å². The fraction of sp³-hybridized carbons (Fsp3) is 0.444. The number of nitrogens with one attached hydrogen (secondary N) is 1. The Morgan fingerprint density at radius 3 is 2.93 bits per heavy atom. The van der Waals surface area contributed by atoms with Crippen molar-refractivity contribution in [3.05, 3.63) is 21.7 Å². The minimum atomic E-state index is -0.130. The molecule has 0 aromatic carbocycles. The molecule has 2 aromatic heterocycles. The summed E-state index contributed by atoms with van der Waals surface area (Å²) < 4.78 is 1.50. The van der Waals surface area contributed by atoms with Gasteiger partial charge in [-0.2, -0.15) is 9.50 Å². The Morgan fingerprint density at radius 1 is 1.53 bits per heavy atom. The second-order valence-corrected chi connectivity index (χ2v) is 3.92. The van der Waals surface area contributed by atoms with E-state index in [1.807, 2.05) is 0 Å². The molecule has 6 heteroatoms. The predicted octanol–water partition coefficient (Wildman–Crippen LogP) is 0.186. The van der Waals surface area contributed by atoms with Gasteiger partial charge >= 0.3 is 0 Å². The normalized spacial score (nSPS) is 16.1. The second kappa shape index (κ2) is 2.59. The van der Waals surface area contributed by atoms with Crippen molar-refractivity contribution in [1.29, 1.82) is 0 Å². The van der Waals surface area contributed by atoms with Crippen LogP contribution in [0.1, 0.15) is 30.1 Å². The molecule has 0 bridgehead atoms. The van der Waals surface area contributed by atoms with Crippen LogP contribution in [0.15, 0.2) is 4.79 Å². The lowest BCUT2D eigenvalue weighted by Gasteiger charge is -2.03. The van der Waals surface area contributed by atoms with Gasteiger partial charge in [-0.05, 0) is 25.7 Å². The van der Waals surface area contributed by atoms with E-state index < -0.39 is 0 Å². The first-order chi connectivity index (χ1) is 7.16. The number of aromatic amines is 1. The zero-order valence-electron chi connectivity index (χ0n) is 8.32. The van der Waals surface area contributed by atoms with Gasteiger partial charge in [0.05, 0.1) is 5.56 Å². The summed E-state index contributed by atoms with van der Waals surface area (Å²) in [4.78, 5) is 18.5. The molecule has 1 aliphatic rings. The molecule has 0 atom stereocenters. The van der Waals surface area contributed by atoms with Crippen LogP contribution in [0.5, 0.6) is 0 Å². The highest BCUT2D eigenvalue weighted by Gasteiger charge is 2.30. The van der Waals surface area contributed by atoms with Gasteiger partial charge in [-0.25, -0.2) is 0 Å². The van der Waals surface area contributed by atoms with Gasteiger partial charge in [0.2, 0.25) is 5.78 Å². The van der Waals surface area contributed by atoms with Crippen molar-refractivity contribution in [3.8, 4) is 0 Å². The third kappa shape index (κ3) is 1.14. The Morgan fingerprint density at radius 2 is 2.27 bits per heavy atom. The van der Waals surface area contributed by atoms with E-state index in [1.54, 1.807) is 6.92 Å². The van der Waals surface area contributed by atoms with Crippen LogP contribution in [0.2, 0.25) is 0 Å². The average molecular weight is 205 g/mol. The number of H-pyrrole nitrogens is 1. The van der Waals surface area contributed by atoms with Crippen molar-refractivity contribution in [1.82, 2.24) is 19.6 Å². The zero-order valence-corrected chi connectivity index (χ0v) is 8.32. The average Bonchev–Trinajstić information content (AvgIpc) is 2.90. The highest BCUT2D eigenvalue weighted by molar-refractivity contribution is 5.48. The van der Waals surface area contributed by atoms with Crippen LogP contribution in [-0.4, -0.2) is 19.6 Å². The molecule has 1 fully saturated rings. The number of fused-ring (bicyclic) bond motifs is 1. The quantitative estimate of drug-likeness (QED) is 0.695. The highest BCUT2D eigenvalue weighted by Crippen LogP contribution is 2.40. The van der Waals surface area contributed by atoms with E-state index in [0.29, 0.717) is 28.9 Å². The maximum atomic E-state index is 11.7. The maximum absolute atomic E-state index is 11.7. The van der Waals surface area contributed by atoms with Crippen molar-refractivity contribution in [2.75, 3.05) is 5.73 Å². The first-order valence-corrected chi connectivity index (χ1v) is 4.92. The molecule has 6 nitrogen and oxygen atoms in total. The molecule has 3 rings (SSSR count). The number of aromatic nitrogens is 4. The number of hydrogen-bond acceptors (Lipinski definition) is 4. The number of nitrogen functional groups attached to an aromatic ring is 1. The molecular weight excluding hydrogens is 194 g/mol. The fourth-order valence-corrected chi connectivity index (χ4v) is 1.83. The SMILES string of the molecule is Cc1nc2[nH]c(=O)c(C3CC3)c(N)n2n1. The molecule has 3 N–H and O–H groups in total. The van der Waals surface area contributed by atoms with Crippen LogP contribution in [0.25, 0.3) is 5.78 Å². The summed E-state index contributed by atoms with van der Waals surface area (Å²) in [5.41, 5.74) is 6.44. The van der Waals surface area contributed by atoms with Gasteiger partial charge in [0.25, 0.3) is 5.56 Å². The summed E-state index contributed by atoms with van der Waals surface area (Å²) in [6.45, 7) is 1.77. The summed E-state index contributed by atoms with van der Waals surface area (Å²) in [5.74, 6) is 1.75. The highest BCUT2D eigenvalue weighted by atomic mass is 16.1. The van der Waals surface area contributed by atoms with Gasteiger partial charge in [-0.3, -0.25) is 9.78 Å². The van der Waals surface area contributed by atoms with Gasteiger partial charge in [-0.1, -0.05) is 0 Å². The molecule has 1 saturated carbocycles. The van der Waals surface area contributed by atoms with Crippen LogP contribution >= 0.6 is 0 Å². The lowest BCUT2D eigenvalue weighted by Crippen LogP contribution is -2.18. The number of nitrogens with zero attached hydrogens (tertiary/aromatic N) is 3. The molecule has 0 aliphatic heterocycles. The summed E-state index contributed by atoms with van der Waals surface area (Å²) in [7, 11) is 0. The van der Waals surface area contributed by atoms with Gasteiger partial charge in [0, 0.05) is 0 Å². The molecule has 0 amide bonds. The fourth-order valence-electron chi connectivity index (χ4n) is 1.83. The van der Waals surface area contributed by atoms with Crippen molar-refractivity contribution < 1.29 is 0 Å². The Labute approximate surface area is 85.1 Å². The molecule has 1 aliphatic carbocycles. The molecule has 15 heavy (non-hydrogen) atoms. The molecule has 78 valence electrons. The van der Waals surface area contributed by atoms with Crippen molar-refractivity contribution in [2.45, 2.75) is 25.7 Å². The second-order valence-electron chi connectivity index (χ2n) is 3.92. The summed E-state index contributed by atoms with van der Waals surface area (Å²) in [6, 6.07) is 0. The topological polar surface area (TPSA) is 89.1 Å². The smallest absolute Gasteiger partial charge is 0.257 e. The van der Waals surface area contributed by atoms with E-state index in [4.69, 9.17) is 5.73 Å². The molecular formula is C9H11N5O. The molecule has 0 saturated heterocycles. The number of anilines is 1. The third-order valence-electron chi connectivity index (χ3n) is 2.67.